The highest BCUT2D eigenvalue weighted by Gasteiger charge is 2.80. The zero-order valence-corrected chi connectivity index (χ0v) is 26.4. The number of rotatable bonds is 16. The summed E-state index contributed by atoms with van der Waals surface area (Å²) in [7, 11) is -4.00. The molecule has 0 aromatic carbocycles. The molecule has 238 valence electrons. The number of halogens is 1. The number of ether oxygens (including phenoxy) is 2. The second kappa shape index (κ2) is 14.7. The number of nitrogens with two attached hydrogens (primary N) is 1. The number of alkyl halides is 1. The van der Waals surface area contributed by atoms with Crippen molar-refractivity contribution in [1.29, 1.82) is 0 Å². The summed E-state index contributed by atoms with van der Waals surface area (Å²) < 4.78 is 54.8. The van der Waals surface area contributed by atoms with Crippen molar-refractivity contribution in [2.75, 3.05) is 19.9 Å². The van der Waals surface area contributed by atoms with E-state index in [1.807, 2.05) is 34.6 Å². The summed E-state index contributed by atoms with van der Waals surface area (Å²) in [6, 6.07) is -1.42. The predicted octanol–water partition coefficient (Wildman–Crippen LogP) is 4.07. The Hall–Kier alpha value is -0.880. The van der Waals surface area contributed by atoms with E-state index in [9.17, 15) is 14.8 Å². The van der Waals surface area contributed by atoms with E-state index in [0.29, 0.717) is 5.76 Å². The third-order valence-electron chi connectivity index (χ3n) is 9.09. The average molecular weight is 606 g/mol. The molecule has 0 spiro atoms. The Kier molecular flexibility index (Phi) is 12.4. The van der Waals surface area contributed by atoms with Crippen molar-refractivity contribution in [3.63, 3.8) is 0 Å². The lowest BCUT2D eigenvalue weighted by molar-refractivity contribution is -0.153. The van der Waals surface area contributed by atoms with Gasteiger partial charge in [0.25, 0.3) is 0 Å². The Morgan fingerprint density at radius 2 is 1.95 bits per heavy atom. The van der Waals surface area contributed by atoms with Crippen LogP contribution in [0.25, 0.3) is 0 Å². The van der Waals surface area contributed by atoms with Gasteiger partial charge in [-0.2, -0.15) is 0 Å². The summed E-state index contributed by atoms with van der Waals surface area (Å²) in [6.45, 7) is 10.3. The fourth-order valence-corrected chi connectivity index (χ4v) is 7.87. The fraction of sp³-hybridized carbons (Fsp3) is 0.862. The van der Waals surface area contributed by atoms with Crippen LogP contribution >= 0.6 is 7.75 Å². The van der Waals surface area contributed by atoms with Gasteiger partial charge in [-0.3, -0.25) is 9.84 Å². The number of aliphatic hydroxyl groups is 2. The first-order chi connectivity index (χ1) is 19.4. The Labute approximate surface area is 245 Å². The van der Waals surface area contributed by atoms with E-state index >= 15 is 4.39 Å². The molecule has 0 radical (unpaired) electrons. The first-order valence-electron chi connectivity index (χ1n) is 15.2. The van der Waals surface area contributed by atoms with Crippen LogP contribution in [0.5, 0.6) is 0 Å². The molecule has 0 aromatic rings. The van der Waals surface area contributed by atoms with Crippen molar-refractivity contribution in [2.45, 2.75) is 128 Å². The zero-order chi connectivity index (χ0) is 30.4. The monoisotopic (exact) mass is 605 g/mol. The molecule has 1 unspecified atom stereocenters. The molecule has 1 aliphatic heterocycles. The molecule has 1 heterocycles. The minimum atomic E-state index is -4.00. The van der Waals surface area contributed by atoms with Crippen molar-refractivity contribution >= 4 is 7.75 Å². The number of allylic oxidation sites excluding steroid dienone is 2. The zero-order valence-electron chi connectivity index (χ0n) is 25.6. The number of aliphatic hydroxyl groups excluding tert-OH is 1. The molecule has 12 heteroatoms. The van der Waals surface area contributed by atoms with Crippen molar-refractivity contribution in [2.24, 2.45) is 17.6 Å². The molecule has 0 amide bonds. The van der Waals surface area contributed by atoms with Crippen molar-refractivity contribution in [1.82, 2.24) is 10.4 Å². The molecule has 0 bridgehead atoms. The lowest BCUT2D eigenvalue weighted by Crippen LogP contribution is -2.64. The van der Waals surface area contributed by atoms with E-state index in [0.717, 1.165) is 32.1 Å². The van der Waals surface area contributed by atoms with E-state index in [1.165, 1.54) is 13.3 Å². The SMILES string of the molecule is C/C=C(/OP(=O)(N[C@@H](C)[C@@H](C)OC1CCCCC1)OC[C@H]1[C@@H]2O[C@H](/C=C/CN)[C@H](NCO)[C@](C)(F)[C@]12O)[C@H](C)CC. The normalized spacial score (nSPS) is 36.4. The highest BCUT2D eigenvalue weighted by atomic mass is 31.2. The largest absolute Gasteiger partial charge is 0.458 e. The van der Waals surface area contributed by atoms with Crippen LogP contribution in [0.4, 0.5) is 4.39 Å². The van der Waals surface area contributed by atoms with Crippen molar-refractivity contribution < 1.29 is 37.7 Å². The maximum absolute atomic E-state index is 16.3. The number of hydrogen-bond donors (Lipinski definition) is 5. The van der Waals surface area contributed by atoms with Crippen LogP contribution in [0.15, 0.2) is 24.0 Å². The molecule has 0 aromatic heterocycles. The van der Waals surface area contributed by atoms with Gasteiger partial charge in [0.2, 0.25) is 0 Å². The Morgan fingerprint density at radius 1 is 1.27 bits per heavy atom. The van der Waals surface area contributed by atoms with Gasteiger partial charge < -0.3 is 29.9 Å². The van der Waals surface area contributed by atoms with Crippen LogP contribution in [0.3, 0.4) is 0 Å². The number of fused-ring (bicyclic) bond motifs is 1. The summed E-state index contributed by atoms with van der Waals surface area (Å²) in [6.07, 6.45) is 9.54. The summed E-state index contributed by atoms with van der Waals surface area (Å²) in [5, 5.41) is 26.7. The van der Waals surface area contributed by atoms with E-state index in [2.05, 4.69) is 10.4 Å². The molecule has 10 atom stereocenters. The Balaban J connectivity index is 1.77. The maximum atomic E-state index is 16.3. The van der Waals surface area contributed by atoms with Gasteiger partial charge in [-0.25, -0.2) is 14.0 Å². The molecule has 3 aliphatic rings. The highest BCUT2D eigenvalue weighted by Crippen LogP contribution is 2.61. The molecular formula is C29H53FN3O7P. The molecule has 3 rings (SSSR count). The molecular weight excluding hydrogens is 552 g/mol. The molecule has 2 saturated carbocycles. The average Bonchev–Trinajstić information content (AvgIpc) is 3.55. The highest BCUT2D eigenvalue weighted by molar-refractivity contribution is 7.51. The van der Waals surface area contributed by atoms with Gasteiger partial charge in [-0.1, -0.05) is 45.3 Å². The third-order valence-corrected chi connectivity index (χ3v) is 10.7. The first-order valence-corrected chi connectivity index (χ1v) is 16.7. The van der Waals surface area contributed by atoms with E-state index in [4.69, 9.17) is 24.3 Å². The summed E-state index contributed by atoms with van der Waals surface area (Å²) in [5.41, 5.74) is 1.47. The molecule has 2 aliphatic carbocycles. The Morgan fingerprint density at radius 3 is 2.54 bits per heavy atom. The van der Waals surface area contributed by atoms with Crippen LogP contribution < -0.4 is 16.1 Å². The lowest BCUT2D eigenvalue weighted by Gasteiger charge is -2.43. The van der Waals surface area contributed by atoms with Crippen LogP contribution in [-0.4, -0.2) is 77.9 Å². The smallest absolute Gasteiger partial charge is 0.418 e. The van der Waals surface area contributed by atoms with Gasteiger partial charge in [-0.05, 0) is 53.0 Å². The second-order valence-electron chi connectivity index (χ2n) is 11.9. The standard InChI is InChI=1S/C29H53FN3O7P/c1-7-19(3)24(8-2)40-41(36,33-20(4)21(5)38-22-13-10-9-11-14-22)37-17-23-27-29(23,35)28(6,30)26(32-18-34)25(39-27)15-12-16-31/h8,12,15,19-23,25-27,32,34-35H,7,9-11,13-14,16-18,31H2,1-6H3,(H,33,36)/b15-12+,24-8+/t19-,20+,21-,23+,25-,26+,27+,28+,29+,41?/m1/s1. The Bertz CT molecular complexity index is 947. The first kappa shape index (κ1) is 34.6. The molecule has 10 nitrogen and oxygen atoms in total. The van der Waals surface area contributed by atoms with Gasteiger partial charge in [0, 0.05) is 24.4 Å². The quantitative estimate of drug-likeness (QED) is 0.0756. The predicted molar refractivity (Wildman–Crippen MR) is 157 cm³/mol. The van der Waals surface area contributed by atoms with Crippen molar-refractivity contribution in [3.05, 3.63) is 24.0 Å². The maximum Gasteiger partial charge on any atom is 0.458 e. The molecule has 41 heavy (non-hydrogen) atoms. The summed E-state index contributed by atoms with van der Waals surface area (Å²) in [4.78, 5) is 0. The number of nitrogens with one attached hydrogen (secondary N) is 2. The molecule has 1 saturated heterocycles. The van der Waals surface area contributed by atoms with Gasteiger partial charge in [0.05, 0.1) is 43.8 Å². The van der Waals surface area contributed by atoms with Crippen LogP contribution in [-0.2, 0) is 23.1 Å². The third kappa shape index (κ3) is 7.80. The van der Waals surface area contributed by atoms with Gasteiger partial charge >= 0.3 is 7.75 Å². The van der Waals surface area contributed by atoms with Crippen molar-refractivity contribution in [3.8, 4) is 0 Å². The molecule has 3 fully saturated rings. The second-order valence-corrected chi connectivity index (χ2v) is 13.6. The lowest BCUT2D eigenvalue weighted by atomic mass is 9.83. The minimum Gasteiger partial charge on any atom is -0.418 e. The van der Waals surface area contributed by atoms with E-state index in [1.54, 1.807) is 18.2 Å². The minimum absolute atomic E-state index is 0.00416. The van der Waals surface area contributed by atoms with Gasteiger partial charge in [0.1, 0.15) is 11.4 Å². The van der Waals surface area contributed by atoms with Gasteiger partial charge in [0.15, 0.2) is 5.67 Å². The van der Waals surface area contributed by atoms with Crippen LogP contribution in [0.2, 0.25) is 0 Å². The number of hydrogen-bond acceptors (Lipinski definition) is 9. The summed E-state index contributed by atoms with van der Waals surface area (Å²) in [5.74, 6) is -0.302. The fourth-order valence-electron chi connectivity index (χ4n) is 6.06. The van der Waals surface area contributed by atoms with Gasteiger partial charge in [-0.15, -0.1) is 0 Å². The van der Waals surface area contributed by atoms with E-state index in [-0.39, 0.29) is 37.3 Å². The topological polar surface area (TPSA) is 145 Å². The van der Waals surface area contributed by atoms with Crippen LogP contribution in [0, 0.1) is 11.8 Å². The van der Waals surface area contributed by atoms with Crippen LogP contribution in [0.1, 0.15) is 80.1 Å². The van der Waals surface area contributed by atoms with E-state index < -0.39 is 49.9 Å². The molecule has 6 N–H and O–H groups in total. The summed E-state index contributed by atoms with van der Waals surface area (Å²) >= 11 is 0.